The van der Waals surface area contributed by atoms with Gasteiger partial charge in [-0.2, -0.15) is 0 Å². The number of rotatable bonds is 4. The first-order valence-corrected chi connectivity index (χ1v) is 8.86. The molecule has 1 aromatic heterocycles. The van der Waals surface area contributed by atoms with Gasteiger partial charge in [-0.05, 0) is 45.0 Å². The van der Waals surface area contributed by atoms with Gasteiger partial charge in [0.25, 0.3) is 17.6 Å². The number of carbonyl (C=O) groups excluding carboxylic acids is 3. The molecule has 7 heteroatoms. The summed E-state index contributed by atoms with van der Waals surface area (Å²) in [5, 5.41) is 5.21. The number of amides is 2. The van der Waals surface area contributed by atoms with Crippen LogP contribution >= 0.6 is 0 Å². The molecule has 0 aliphatic rings. The van der Waals surface area contributed by atoms with Crippen molar-refractivity contribution in [3.05, 3.63) is 53.2 Å². The highest BCUT2D eigenvalue weighted by Crippen LogP contribution is 2.30. The minimum Gasteiger partial charge on any atom is -0.456 e. The summed E-state index contributed by atoms with van der Waals surface area (Å²) in [7, 11) is 0. The third-order valence-corrected chi connectivity index (χ3v) is 3.68. The molecule has 0 fully saturated rings. The molecular weight excluding hydrogens is 363 g/mol. The van der Waals surface area contributed by atoms with Gasteiger partial charge in [-0.3, -0.25) is 14.4 Å². The average molecular weight is 388 g/mol. The third kappa shape index (κ3) is 5.28. The van der Waals surface area contributed by atoms with Crippen molar-refractivity contribution in [1.82, 2.24) is 5.32 Å². The number of hydrogen-bond donors (Lipinski definition) is 2. The highest BCUT2D eigenvalue weighted by molar-refractivity contribution is 6.42. The number of Topliss-reactive ketones (excluding diaryl/α,β-unsaturated/α-hetero) is 1. The molecule has 0 bridgehead atoms. The Morgan fingerprint density at radius 3 is 2.04 bits per heavy atom. The Hall–Kier alpha value is -2.96. The Kier molecular flexibility index (Phi) is 5.77. The second kappa shape index (κ2) is 7.58. The van der Waals surface area contributed by atoms with Crippen LogP contribution in [-0.4, -0.2) is 23.1 Å². The monoisotopic (exact) mass is 388 g/mol. The van der Waals surface area contributed by atoms with E-state index in [1.165, 1.54) is 30.3 Å². The highest BCUT2D eigenvalue weighted by Gasteiger charge is 2.32. The van der Waals surface area contributed by atoms with Crippen molar-refractivity contribution in [3.8, 4) is 0 Å². The zero-order valence-electron chi connectivity index (χ0n) is 16.9. The summed E-state index contributed by atoms with van der Waals surface area (Å²) in [6.07, 6.45) is 0. The molecule has 0 aliphatic heterocycles. The van der Waals surface area contributed by atoms with E-state index in [0.717, 1.165) is 0 Å². The fraction of sp³-hybridized carbons (Fsp3) is 0.381. The smallest absolute Gasteiger partial charge is 0.296 e. The number of anilines is 1. The zero-order chi connectivity index (χ0) is 21.3. The molecule has 0 saturated heterocycles. The average Bonchev–Trinajstić information content (AvgIpc) is 3.00. The van der Waals surface area contributed by atoms with Crippen molar-refractivity contribution < 1.29 is 23.2 Å². The van der Waals surface area contributed by atoms with E-state index >= 15 is 0 Å². The molecule has 2 aromatic rings. The molecule has 150 valence electrons. The van der Waals surface area contributed by atoms with E-state index in [1.54, 1.807) is 20.8 Å². The normalized spacial score (nSPS) is 11.8. The molecule has 28 heavy (non-hydrogen) atoms. The Labute approximate surface area is 163 Å². The van der Waals surface area contributed by atoms with Gasteiger partial charge in [-0.15, -0.1) is 0 Å². The van der Waals surface area contributed by atoms with Crippen molar-refractivity contribution in [1.29, 1.82) is 0 Å². The van der Waals surface area contributed by atoms with Gasteiger partial charge in [0.05, 0.1) is 5.56 Å². The van der Waals surface area contributed by atoms with Gasteiger partial charge in [-0.25, -0.2) is 4.39 Å². The van der Waals surface area contributed by atoms with Crippen LogP contribution in [0.15, 0.2) is 34.7 Å². The van der Waals surface area contributed by atoms with Gasteiger partial charge in [0, 0.05) is 22.7 Å². The first-order chi connectivity index (χ1) is 12.8. The quantitative estimate of drug-likeness (QED) is 0.610. The van der Waals surface area contributed by atoms with Crippen LogP contribution in [0.25, 0.3) is 0 Å². The fourth-order valence-corrected chi connectivity index (χ4v) is 2.47. The molecule has 0 radical (unpaired) electrons. The largest absolute Gasteiger partial charge is 0.456 e. The Balaban J connectivity index is 2.35. The van der Waals surface area contributed by atoms with Gasteiger partial charge >= 0.3 is 0 Å². The van der Waals surface area contributed by atoms with Crippen molar-refractivity contribution >= 4 is 23.3 Å². The molecular formula is C21H25FN2O4. The summed E-state index contributed by atoms with van der Waals surface area (Å²) < 4.78 is 18.7. The van der Waals surface area contributed by atoms with Crippen LogP contribution in [0.2, 0.25) is 0 Å². The molecule has 0 spiro atoms. The van der Waals surface area contributed by atoms with E-state index in [4.69, 9.17) is 4.42 Å². The van der Waals surface area contributed by atoms with Crippen LogP contribution in [0.1, 0.15) is 68.2 Å². The molecule has 6 nitrogen and oxygen atoms in total. The van der Waals surface area contributed by atoms with Crippen LogP contribution < -0.4 is 10.6 Å². The lowest BCUT2D eigenvalue weighted by Gasteiger charge is -2.19. The lowest BCUT2D eigenvalue weighted by molar-refractivity contribution is -0.118. The molecule has 2 N–H and O–H groups in total. The van der Waals surface area contributed by atoms with Crippen molar-refractivity contribution in [2.24, 2.45) is 0 Å². The van der Waals surface area contributed by atoms with Crippen molar-refractivity contribution in [2.45, 2.75) is 52.5 Å². The van der Waals surface area contributed by atoms with Crippen LogP contribution in [0.4, 0.5) is 10.1 Å². The Morgan fingerprint density at radius 1 is 0.964 bits per heavy atom. The number of halogens is 1. The summed E-state index contributed by atoms with van der Waals surface area (Å²) in [5.41, 5.74) is -0.640. The predicted molar refractivity (Wildman–Crippen MR) is 104 cm³/mol. The highest BCUT2D eigenvalue weighted by atomic mass is 19.1. The fourth-order valence-electron chi connectivity index (χ4n) is 2.47. The third-order valence-electron chi connectivity index (χ3n) is 3.68. The summed E-state index contributed by atoms with van der Waals surface area (Å²) in [6.45, 7) is 10.7. The number of ketones is 1. The molecule has 0 saturated carbocycles. The summed E-state index contributed by atoms with van der Waals surface area (Å²) in [6, 6.07) is 6.56. The number of nitrogens with one attached hydrogen (secondary N) is 2. The SMILES string of the molecule is CC(C)(C)NC(=O)C(=O)c1cc(C(=O)Nc2ccc(F)cc2)c(C(C)(C)C)o1. The maximum absolute atomic E-state index is 13.0. The zero-order valence-corrected chi connectivity index (χ0v) is 16.9. The van der Waals surface area contributed by atoms with Gasteiger partial charge in [-0.1, -0.05) is 20.8 Å². The second-order valence-corrected chi connectivity index (χ2v) is 8.60. The van der Waals surface area contributed by atoms with E-state index in [0.29, 0.717) is 5.69 Å². The first kappa shape index (κ1) is 21.3. The van der Waals surface area contributed by atoms with Gasteiger partial charge in [0.15, 0.2) is 5.76 Å². The van der Waals surface area contributed by atoms with E-state index in [1.807, 2.05) is 20.8 Å². The topological polar surface area (TPSA) is 88.4 Å². The summed E-state index contributed by atoms with van der Waals surface area (Å²) in [5.74, 6) is -2.55. The second-order valence-electron chi connectivity index (χ2n) is 8.60. The molecule has 0 unspecified atom stereocenters. The van der Waals surface area contributed by atoms with Crippen molar-refractivity contribution in [3.63, 3.8) is 0 Å². The standard InChI is InChI=1S/C21H25FN2O4/c1-20(2,3)17-14(18(26)23-13-9-7-12(22)8-10-13)11-15(28-17)16(25)19(27)24-21(4,5)6/h7-11H,1-6H3,(H,23,26)(H,24,27). The van der Waals surface area contributed by atoms with Crippen LogP contribution in [0.3, 0.4) is 0 Å². The Bertz CT molecular complexity index is 900. The molecule has 0 aliphatic carbocycles. The number of carbonyl (C=O) groups is 3. The lowest BCUT2D eigenvalue weighted by Crippen LogP contribution is -2.44. The van der Waals surface area contributed by atoms with E-state index in [2.05, 4.69) is 10.6 Å². The van der Waals surface area contributed by atoms with Crippen molar-refractivity contribution in [2.75, 3.05) is 5.32 Å². The minimum atomic E-state index is -0.860. The van der Waals surface area contributed by atoms with E-state index < -0.39 is 34.4 Å². The molecule has 2 rings (SSSR count). The van der Waals surface area contributed by atoms with Crippen LogP contribution in [-0.2, 0) is 10.2 Å². The van der Waals surface area contributed by atoms with Crippen LogP contribution in [0, 0.1) is 5.82 Å². The van der Waals surface area contributed by atoms with Gasteiger partial charge in [0.2, 0.25) is 0 Å². The molecule has 1 aromatic carbocycles. The van der Waals surface area contributed by atoms with Gasteiger partial charge < -0.3 is 15.1 Å². The number of furan rings is 1. The van der Waals surface area contributed by atoms with E-state index in [-0.39, 0.29) is 17.1 Å². The summed E-state index contributed by atoms with van der Waals surface area (Å²) >= 11 is 0. The maximum atomic E-state index is 13.0. The first-order valence-electron chi connectivity index (χ1n) is 8.86. The summed E-state index contributed by atoms with van der Waals surface area (Å²) in [4.78, 5) is 37.3. The molecule has 1 heterocycles. The molecule has 2 amide bonds. The number of hydrogen-bond acceptors (Lipinski definition) is 4. The van der Waals surface area contributed by atoms with E-state index in [9.17, 15) is 18.8 Å². The molecule has 0 atom stereocenters. The predicted octanol–water partition coefficient (Wildman–Crippen LogP) is 4.07. The minimum absolute atomic E-state index is 0.142. The van der Waals surface area contributed by atoms with Crippen LogP contribution in [0.5, 0.6) is 0 Å². The lowest BCUT2D eigenvalue weighted by atomic mass is 9.90. The maximum Gasteiger partial charge on any atom is 0.296 e. The van der Waals surface area contributed by atoms with Gasteiger partial charge in [0.1, 0.15) is 11.6 Å². The Morgan fingerprint density at radius 2 is 1.54 bits per heavy atom. The number of benzene rings is 1.